The van der Waals surface area contributed by atoms with Crippen LogP contribution in [0.5, 0.6) is 0 Å². The predicted molar refractivity (Wildman–Crippen MR) is 138 cm³/mol. The summed E-state index contributed by atoms with van der Waals surface area (Å²) in [5.74, 6) is 1.34. The van der Waals surface area contributed by atoms with Gasteiger partial charge in [-0.15, -0.1) is 0 Å². The quantitative estimate of drug-likeness (QED) is 0.362. The zero-order valence-corrected chi connectivity index (χ0v) is 21.6. The van der Waals surface area contributed by atoms with E-state index >= 15 is 0 Å². The lowest BCUT2D eigenvalue weighted by atomic mass is 9.99. The number of sulfonamides is 1. The number of hydrogen-bond donors (Lipinski definition) is 0. The minimum atomic E-state index is -3.74. The zero-order valence-electron chi connectivity index (χ0n) is 20.8. The van der Waals surface area contributed by atoms with Crippen LogP contribution >= 0.6 is 0 Å². The number of nitrogens with zero attached hydrogens (tertiary/aromatic N) is 3. The SMILES string of the molecule is COCCCN(Cc1c(-c2ccccc2)noc1N1CCC(C)CC1)S(=O)(=O)c1ccc(C)cc1. The molecule has 1 aliphatic rings. The van der Waals surface area contributed by atoms with Gasteiger partial charge in [0.2, 0.25) is 15.9 Å². The molecular formula is C27H35N3O4S. The van der Waals surface area contributed by atoms with Crippen LogP contribution in [0.3, 0.4) is 0 Å². The number of rotatable bonds is 10. The minimum absolute atomic E-state index is 0.176. The lowest BCUT2D eigenvalue weighted by molar-refractivity contribution is 0.186. The predicted octanol–water partition coefficient (Wildman–Crippen LogP) is 5.11. The smallest absolute Gasteiger partial charge is 0.243 e. The Morgan fingerprint density at radius 3 is 2.43 bits per heavy atom. The number of aromatic nitrogens is 1. The molecule has 0 unspecified atom stereocenters. The van der Waals surface area contributed by atoms with Crippen molar-refractivity contribution in [1.82, 2.24) is 9.46 Å². The van der Waals surface area contributed by atoms with Crippen LogP contribution in [0.2, 0.25) is 0 Å². The maximum Gasteiger partial charge on any atom is 0.243 e. The largest absolute Gasteiger partial charge is 0.385 e. The summed E-state index contributed by atoms with van der Waals surface area (Å²) in [5.41, 5.74) is 3.42. The molecule has 188 valence electrons. The Morgan fingerprint density at radius 1 is 1.09 bits per heavy atom. The lowest BCUT2D eigenvalue weighted by Crippen LogP contribution is -2.35. The summed E-state index contributed by atoms with van der Waals surface area (Å²) < 4.78 is 40.2. The highest BCUT2D eigenvalue weighted by atomic mass is 32.2. The van der Waals surface area contributed by atoms with Crippen LogP contribution in [0, 0.1) is 12.8 Å². The van der Waals surface area contributed by atoms with Gasteiger partial charge in [0.25, 0.3) is 0 Å². The molecule has 0 amide bonds. The van der Waals surface area contributed by atoms with Crippen molar-refractivity contribution in [3.63, 3.8) is 0 Å². The van der Waals surface area contributed by atoms with Crippen LogP contribution in [0.4, 0.5) is 5.88 Å². The average molecular weight is 498 g/mol. The van der Waals surface area contributed by atoms with Gasteiger partial charge in [0.05, 0.1) is 10.5 Å². The zero-order chi connectivity index (χ0) is 24.8. The molecule has 8 heteroatoms. The van der Waals surface area contributed by atoms with Crippen molar-refractivity contribution < 1.29 is 17.7 Å². The fourth-order valence-corrected chi connectivity index (χ4v) is 5.88. The molecule has 7 nitrogen and oxygen atoms in total. The van der Waals surface area contributed by atoms with E-state index in [0.29, 0.717) is 37.1 Å². The van der Waals surface area contributed by atoms with Crippen molar-refractivity contribution in [3.8, 4) is 11.3 Å². The molecule has 1 aliphatic heterocycles. The topological polar surface area (TPSA) is 75.9 Å². The first kappa shape index (κ1) is 25.4. The van der Waals surface area contributed by atoms with Gasteiger partial charge in [-0.05, 0) is 44.2 Å². The molecule has 4 rings (SSSR count). The van der Waals surface area contributed by atoms with E-state index in [0.717, 1.165) is 42.6 Å². The average Bonchev–Trinajstić information content (AvgIpc) is 3.28. The number of ether oxygens (including phenoxy) is 1. The molecule has 0 saturated carbocycles. The first-order chi connectivity index (χ1) is 16.9. The molecule has 3 aromatic rings. The van der Waals surface area contributed by atoms with Crippen LogP contribution < -0.4 is 4.90 Å². The number of piperidine rings is 1. The van der Waals surface area contributed by atoms with Crippen molar-refractivity contribution in [2.75, 3.05) is 38.3 Å². The molecule has 2 aromatic carbocycles. The van der Waals surface area contributed by atoms with Gasteiger partial charge in [-0.25, -0.2) is 8.42 Å². The molecule has 0 aliphatic carbocycles. The second kappa shape index (κ2) is 11.4. The van der Waals surface area contributed by atoms with Gasteiger partial charge < -0.3 is 14.2 Å². The van der Waals surface area contributed by atoms with Crippen LogP contribution in [0.25, 0.3) is 11.3 Å². The molecule has 1 aromatic heterocycles. The van der Waals surface area contributed by atoms with Crippen molar-refractivity contribution in [3.05, 3.63) is 65.7 Å². The normalized spacial score (nSPS) is 15.1. The van der Waals surface area contributed by atoms with Gasteiger partial charge in [0.1, 0.15) is 5.69 Å². The van der Waals surface area contributed by atoms with E-state index in [1.807, 2.05) is 49.4 Å². The first-order valence-corrected chi connectivity index (χ1v) is 13.7. The standard InChI is InChI=1S/C27H35N3O4S/c1-21-10-12-24(13-11-21)35(31,32)30(16-7-19-33-3)20-25-26(23-8-5-4-6-9-23)28-34-27(25)29-17-14-22(2)15-18-29/h4-6,8-13,22H,7,14-20H2,1-3H3. The van der Waals surface area contributed by atoms with Crippen molar-refractivity contribution >= 4 is 15.9 Å². The third-order valence-electron chi connectivity index (χ3n) is 6.63. The maximum absolute atomic E-state index is 13.8. The van der Waals surface area contributed by atoms with E-state index in [2.05, 4.69) is 17.0 Å². The van der Waals surface area contributed by atoms with Gasteiger partial charge in [-0.3, -0.25) is 0 Å². The summed E-state index contributed by atoms with van der Waals surface area (Å²) in [5, 5.41) is 4.43. The van der Waals surface area contributed by atoms with E-state index in [1.54, 1.807) is 19.2 Å². The van der Waals surface area contributed by atoms with Gasteiger partial charge in [0, 0.05) is 45.5 Å². The minimum Gasteiger partial charge on any atom is -0.385 e. The van der Waals surface area contributed by atoms with E-state index in [-0.39, 0.29) is 11.4 Å². The Labute approximate surface area is 208 Å². The van der Waals surface area contributed by atoms with Crippen molar-refractivity contribution in [2.45, 2.75) is 44.6 Å². The fourth-order valence-electron chi connectivity index (χ4n) is 4.43. The molecule has 0 atom stereocenters. The summed E-state index contributed by atoms with van der Waals surface area (Å²) in [6, 6.07) is 16.8. The van der Waals surface area contributed by atoms with Gasteiger partial charge in [-0.1, -0.05) is 60.1 Å². The van der Waals surface area contributed by atoms with E-state index in [4.69, 9.17) is 9.26 Å². The Morgan fingerprint density at radius 2 is 1.77 bits per heavy atom. The number of anilines is 1. The molecule has 2 heterocycles. The molecular weight excluding hydrogens is 462 g/mol. The number of benzene rings is 2. The molecule has 35 heavy (non-hydrogen) atoms. The molecule has 0 radical (unpaired) electrons. The van der Waals surface area contributed by atoms with Crippen LogP contribution in [0.15, 0.2) is 64.0 Å². The fraction of sp³-hybridized carbons (Fsp3) is 0.444. The highest BCUT2D eigenvalue weighted by Crippen LogP contribution is 2.35. The molecule has 1 fully saturated rings. The Hall–Kier alpha value is -2.68. The third kappa shape index (κ3) is 5.94. The van der Waals surface area contributed by atoms with E-state index in [1.165, 1.54) is 4.31 Å². The third-order valence-corrected chi connectivity index (χ3v) is 8.49. The molecule has 0 spiro atoms. The Balaban J connectivity index is 1.74. The summed E-state index contributed by atoms with van der Waals surface area (Å²) in [6.07, 6.45) is 2.73. The molecule has 1 saturated heterocycles. The second-order valence-corrected chi connectivity index (χ2v) is 11.3. The number of aryl methyl sites for hydroxylation is 1. The summed E-state index contributed by atoms with van der Waals surface area (Å²) in [7, 11) is -2.11. The molecule has 0 bridgehead atoms. The highest BCUT2D eigenvalue weighted by molar-refractivity contribution is 7.89. The maximum atomic E-state index is 13.8. The van der Waals surface area contributed by atoms with Crippen LogP contribution in [-0.2, 0) is 21.3 Å². The van der Waals surface area contributed by atoms with Crippen molar-refractivity contribution in [1.29, 1.82) is 0 Å². The number of methoxy groups -OCH3 is 1. The van der Waals surface area contributed by atoms with Gasteiger partial charge in [0.15, 0.2) is 0 Å². The summed E-state index contributed by atoms with van der Waals surface area (Å²) in [6.45, 7) is 6.93. The van der Waals surface area contributed by atoms with Gasteiger partial charge in [-0.2, -0.15) is 4.31 Å². The first-order valence-electron chi connectivity index (χ1n) is 12.2. The van der Waals surface area contributed by atoms with Gasteiger partial charge >= 0.3 is 0 Å². The Bertz CT molecular complexity index is 1180. The lowest BCUT2D eigenvalue weighted by Gasteiger charge is -2.31. The van der Waals surface area contributed by atoms with E-state index in [9.17, 15) is 8.42 Å². The molecule has 0 N–H and O–H groups in total. The second-order valence-electron chi connectivity index (χ2n) is 9.35. The van der Waals surface area contributed by atoms with Crippen molar-refractivity contribution in [2.24, 2.45) is 5.92 Å². The van der Waals surface area contributed by atoms with Crippen LogP contribution in [-0.4, -0.2) is 51.2 Å². The highest BCUT2D eigenvalue weighted by Gasteiger charge is 2.31. The summed E-state index contributed by atoms with van der Waals surface area (Å²) in [4.78, 5) is 2.49. The summed E-state index contributed by atoms with van der Waals surface area (Å²) >= 11 is 0. The monoisotopic (exact) mass is 497 g/mol. The number of hydrogen-bond acceptors (Lipinski definition) is 6. The van der Waals surface area contributed by atoms with E-state index < -0.39 is 10.0 Å². The van der Waals surface area contributed by atoms with Crippen LogP contribution in [0.1, 0.15) is 37.3 Å². The Kier molecular flexibility index (Phi) is 8.26.